The van der Waals surface area contributed by atoms with Gasteiger partial charge in [0.1, 0.15) is 23.4 Å². The number of carbonyl (C=O) groups is 4. The van der Waals surface area contributed by atoms with E-state index in [0.29, 0.717) is 18.4 Å². The molecule has 200 valence electrons. The summed E-state index contributed by atoms with van der Waals surface area (Å²) in [5, 5.41) is 15.3. The van der Waals surface area contributed by atoms with E-state index in [1.807, 2.05) is 13.8 Å². The van der Waals surface area contributed by atoms with Gasteiger partial charge in [-0.25, -0.2) is 4.79 Å². The number of nitrogens with two attached hydrogens (primary N) is 1. The van der Waals surface area contributed by atoms with Gasteiger partial charge in [-0.1, -0.05) is 25.5 Å². The fourth-order valence-electron chi connectivity index (χ4n) is 4.14. The fourth-order valence-corrected chi connectivity index (χ4v) is 4.14. The molecule has 0 aromatic heterocycles. The number of ether oxygens (including phenoxy) is 1. The lowest BCUT2D eigenvalue weighted by Crippen LogP contribution is -2.58. The Bertz CT molecular complexity index is 923. The van der Waals surface area contributed by atoms with Gasteiger partial charge in [0.05, 0.1) is 6.42 Å². The van der Waals surface area contributed by atoms with Crippen molar-refractivity contribution in [2.24, 2.45) is 5.73 Å². The largest absolute Gasteiger partial charge is 0.508 e. The monoisotopic (exact) mass is 504 g/mol. The predicted molar refractivity (Wildman–Crippen MR) is 135 cm³/mol. The molecule has 0 saturated heterocycles. The Morgan fingerprint density at radius 1 is 1.14 bits per heavy atom. The molecular formula is C26H40N4O6. The van der Waals surface area contributed by atoms with Crippen molar-refractivity contribution < 1.29 is 29.0 Å². The minimum absolute atomic E-state index is 0.0250. The molecule has 0 bridgehead atoms. The zero-order chi connectivity index (χ0) is 27.0. The molecule has 2 rings (SSSR count). The third kappa shape index (κ3) is 8.42. The van der Waals surface area contributed by atoms with Crippen LogP contribution in [0.25, 0.3) is 0 Å². The first-order valence-corrected chi connectivity index (χ1v) is 12.5. The van der Waals surface area contributed by atoms with E-state index in [4.69, 9.17) is 10.5 Å². The second-order valence-electron chi connectivity index (χ2n) is 10.4. The molecular weight excluding hydrogens is 464 g/mol. The number of hydrogen-bond acceptors (Lipinski definition) is 6. The van der Waals surface area contributed by atoms with Crippen LogP contribution in [-0.2, 0) is 19.1 Å². The summed E-state index contributed by atoms with van der Waals surface area (Å²) in [6, 6.07) is 3.36. The Morgan fingerprint density at radius 3 is 2.22 bits per heavy atom. The summed E-state index contributed by atoms with van der Waals surface area (Å²) in [7, 11) is 0. The molecule has 1 saturated carbocycles. The quantitative estimate of drug-likeness (QED) is 0.364. The van der Waals surface area contributed by atoms with Crippen LogP contribution in [-0.4, -0.2) is 57.5 Å². The number of nitrogens with zero attached hydrogens (tertiary/aromatic N) is 1. The van der Waals surface area contributed by atoms with Gasteiger partial charge in [-0.2, -0.15) is 0 Å². The lowest BCUT2D eigenvalue weighted by atomic mass is 9.87. The van der Waals surface area contributed by atoms with Crippen LogP contribution < -0.4 is 16.4 Å². The molecule has 1 aromatic carbocycles. The predicted octanol–water partition coefficient (Wildman–Crippen LogP) is 2.89. The topological polar surface area (TPSA) is 151 Å². The van der Waals surface area contributed by atoms with Gasteiger partial charge in [-0.3, -0.25) is 14.4 Å². The van der Waals surface area contributed by atoms with Crippen LogP contribution in [0.3, 0.4) is 0 Å². The lowest BCUT2D eigenvalue weighted by Gasteiger charge is -2.43. The van der Waals surface area contributed by atoms with Crippen LogP contribution in [0.5, 0.6) is 5.75 Å². The molecule has 1 aliphatic carbocycles. The van der Waals surface area contributed by atoms with E-state index in [2.05, 4.69) is 10.6 Å². The SMILES string of the molecule is CCCC(C)NC(=O)C(c1ccc(O)cc1)N(C(=O)C(CC(N)=O)NC(=O)OC(C)(C)C)C1CCC1. The average molecular weight is 505 g/mol. The average Bonchev–Trinajstić information content (AvgIpc) is 2.70. The maximum atomic E-state index is 13.9. The van der Waals surface area contributed by atoms with Gasteiger partial charge < -0.3 is 31.1 Å². The highest BCUT2D eigenvalue weighted by Gasteiger charge is 2.42. The maximum absolute atomic E-state index is 13.9. The molecule has 0 aliphatic heterocycles. The van der Waals surface area contributed by atoms with Gasteiger partial charge in [0.25, 0.3) is 0 Å². The van der Waals surface area contributed by atoms with Gasteiger partial charge >= 0.3 is 6.09 Å². The summed E-state index contributed by atoms with van der Waals surface area (Å²) >= 11 is 0. The Kier molecular flexibility index (Phi) is 10.1. The summed E-state index contributed by atoms with van der Waals surface area (Å²) in [5.74, 6) is -1.73. The highest BCUT2D eigenvalue weighted by molar-refractivity contribution is 5.94. The standard InChI is InChI=1S/C26H40N4O6/c1-6-8-16(2)28-23(33)22(17-11-13-19(31)14-12-17)30(18-9-7-10-18)24(34)20(15-21(27)32)29-25(35)36-26(3,4)5/h11-14,16,18,20,22,31H,6-10,15H2,1-5H3,(H2,27,32)(H,28,33)(H,29,35). The third-order valence-corrected chi connectivity index (χ3v) is 5.96. The van der Waals surface area contributed by atoms with Crippen molar-refractivity contribution in [2.75, 3.05) is 0 Å². The van der Waals surface area contributed by atoms with Gasteiger partial charge in [0, 0.05) is 12.1 Å². The number of benzene rings is 1. The van der Waals surface area contributed by atoms with Crippen molar-refractivity contribution in [3.8, 4) is 5.75 Å². The van der Waals surface area contributed by atoms with E-state index in [1.165, 1.54) is 17.0 Å². The van der Waals surface area contributed by atoms with Crippen molar-refractivity contribution in [1.29, 1.82) is 0 Å². The molecule has 10 heteroatoms. The van der Waals surface area contributed by atoms with Crippen molar-refractivity contribution >= 4 is 23.8 Å². The van der Waals surface area contributed by atoms with Gasteiger partial charge in [0.2, 0.25) is 17.7 Å². The van der Waals surface area contributed by atoms with Crippen molar-refractivity contribution in [1.82, 2.24) is 15.5 Å². The molecule has 0 heterocycles. The normalized spacial score (nSPS) is 16.1. The second-order valence-corrected chi connectivity index (χ2v) is 10.4. The Hall–Kier alpha value is -3.30. The van der Waals surface area contributed by atoms with Crippen molar-refractivity contribution in [3.63, 3.8) is 0 Å². The first-order valence-electron chi connectivity index (χ1n) is 12.5. The van der Waals surface area contributed by atoms with Crippen LogP contribution in [0, 0.1) is 0 Å². The number of phenolic OH excluding ortho intramolecular Hbond substituents is 1. The summed E-state index contributed by atoms with van der Waals surface area (Å²) in [5.41, 5.74) is 5.10. The van der Waals surface area contributed by atoms with Crippen molar-refractivity contribution in [2.45, 2.75) is 103 Å². The number of carbonyl (C=O) groups excluding carboxylic acids is 4. The summed E-state index contributed by atoms with van der Waals surface area (Å²) < 4.78 is 5.29. The number of nitrogens with one attached hydrogen (secondary N) is 2. The molecule has 1 aromatic rings. The number of hydrogen-bond donors (Lipinski definition) is 4. The zero-order valence-electron chi connectivity index (χ0n) is 21.9. The molecule has 3 unspecified atom stereocenters. The van der Waals surface area contributed by atoms with Crippen molar-refractivity contribution in [3.05, 3.63) is 29.8 Å². The first kappa shape index (κ1) is 28.9. The zero-order valence-corrected chi connectivity index (χ0v) is 21.9. The van der Waals surface area contributed by atoms with E-state index in [1.54, 1.807) is 32.9 Å². The molecule has 1 fully saturated rings. The van der Waals surface area contributed by atoms with Crippen LogP contribution in [0.2, 0.25) is 0 Å². The Balaban J connectivity index is 2.47. The maximum Gasteiger partial charge on any atom is 0.408 e. The van der Waals surface area contributed by atoms with Crippen LogP contribution in [0.4, 0.5) is 4.79 Å². The van der Waals surface area contributed by atoms with Gasteiger partial charge in [0.15, 0.2) is 0 Å². The number of phenols is 1. The molecule has 36 heavy (non-hydrogen) atoms. The van der Waals surface area contributed by atoms with Crippen LogP contribution in [0.1, 0.15) is 84.7 Å². The lowest BCUT2D eigenvalue weighted by molar-refractivity contribution is -0.148. The Morgan fingerprint density at radius 2 is 1.75 bits per heavy atom. The van der Waals surface area contributed by atoms with Gasteiger partial charge in [-0.15, -0.1) is 0 Å². The third-order valence-electron chi connectivity index (χ3n) is 5.96. The molecule has 4 amide bonds. The summed E-state index contributed by atoms with van der Waals surface area (Å²) in [4.78, 5) is 53.3. The number of aromatic hydroxyl groups is 1. The number of alkyl carbamates (subject to hydrolysis) is 1. The highest BCUT2D eigenvalue weighted by atomic mass is 16.6. The Labute approximate surface area is 212 Å². The molecule has 0 spiro atoms. The number of amides is 4. The summed E-state index contributed by atoms with van der Waals surface area (Å²) in [6.45, 7) is 8.95. The second kappa shape index (κ2) is 12.6. The summed E-state index contributed by atoms with van der Waals surface area (Å²) in [6.07, 6.45) is 2.55. The fraction of sp³-hybridized carbons (Fsp3) is 0.615. The molecule has 3 atom stereocenters. The highest BCUT2D eigenvalue weighted by Crippen LogP contribution is 2.34. The molecule has 10 nitrogen and oxygen atoms in total. The number of primary amides is 1. The minimum atomic E-state index is -1.31. The van der Waals surface area contributed by atoms with E-state index >= 15 is 0 Å². The van der Waals surface area contributed by atoms with E-state index in [9.17, 15) is 24.3 Å². The molecule has 5 N–H and O–H groups in total. The first-order chi connectivity index (χ1) is 16.8. The van der Waals surface area contributed by atoms with E-state index in [0.717, 1.165) is 19.3 Å². The molecule has 1 aliphatic rings. The van der Waals surface area contributed by atoms with E-state index < -0.39 is 42.0 Å². The minimum Gasteiger partial charge on any atom is -0.508 e. The smallest absolute Gasteiger partial charge is 0.408 e. The molecule has 0 radical (unpaired) electrons. The van der Waals surface area contributed by atoms with E-state index in [-0.39, 0.29) is 23.7 Å². The van der Waals surface area contributed by atoms with Crippen LogP contribution in [0.15, 0.2) is 24.3 Å². The number of rotatable bonds is 11. The van der Waals surface area contributed by atoms with Crippen LogP contribution >= 0.6 is 0 Å². The van der Waals surface area contributed by atoms with Gasteiger partial charge in [-0.05, 0) is 71.1 Å².